The normalized spacial score (nSPS) is 14.4. The summed E-state index contributed by atoms with van der Waals surface area (Å²) in [6.07, 6.45) is 6.75. The van der Waals surface area contributed by atoms with E-state index in [-0.39, 0.29) is 0 Å². The summed E-state index contributed by atoms with van der Waals surface area (Å²) >= 11 is 0. The van der Waals surface area contributed by atoms with Crippen LogP contribution in [0.2, 0.25) is 0 Å². The number of aromatic nitrogens is 3. The minimum atomic E-state index is 0.703. The molecule has 27 heavy (non-hydrogen) atoms. The zero-order valence-corrected chi connectivity index (χ0v) is 16.4. The number of rotatable bonds is 7. The third-order valence-electron chi connectivity index (χ3n) is 4.87. The highest BCUT2D eigenvalue weighted by Crippen LogP contribution is 2.15. The van der Waals surface area contributed by atoms with E-state index in [1.165, 1.54) is 19.3 Å². The quantitative estimate of drug-likeness (QED) is 0.444. The number of hydrogen-bond donors (Lipinski definition) is 2. The lowest BCUT2D eigenvalue weighted by atomic mass is 10.2. The molecule has 1 aromatic heterocycles. The molecule has 1 aromatic carbocycles. The van der Waals surface area contributed by atoms with Crippen molar-refractivity contribution in [3.05, 3.63) is 41.5 Å². The van der Waals surface area contributed by atoms with E-state index in [0.717, 1.165) is 61.3 Å². The van der Waals surface area contributed by atoms with Crippen molar-refractivity contribution in [3.8, 4) is 5.75 Å². The van der Waals surface area contributed by atoms with Crippen molar-refractivity contribution in [2.45, 2.75) is 51.6 Å². The summed E-state index contributed by atoms with van der Waals surface area (Å²) in [4.78, 5) is 4.29. The summed E-state index contributed by atoms with van der Waals surface area (Å²) in [6, 6.07) is 8.03. The second kappa shape index (κ2) is 9.94. The van der Waals surface area contributed by atoms with Crippen LogP contribution in [0.3, 0.4) is 0 Å². The van der Waals surface area contributed by atoms with Gasteiger partial charge in [0.05, 0.1) is 7.11 Å². The Bertz CT molecular complexity index is 755. The molecule has 0 radical (unpaired) electrons. The van der Waals surface area contributed by atoms with Gasteiger partial charge in [0, 0.05) is 39.5 Å². The van der Waals surface area contributed by atoms with Crippen LogP contribution in [-0.4, -0.2) is 41.4 Å². The maximum atomic E-state index is 5.26. The zero-order valence-electron chi connectivity index (χ0n) is 16.4. The first-order chi connectivity index (χ1) is 13.3. The summed E-state index contributed by atoms with van der Waals surface area (Å²) in [6.45, 7) is 2.61. The smallest absolute Gasteiger partial charge is 0.191 e. The Morgan fingerprint density at radius 2 is 2.15 bits per heavy atom. The molecule has 0 atom stereocenters. The van der Waals surface area contributed by atoms with Crippen LogP contribution in [0.1, 0.15) is 42.9 Å². The monoisotopic (exact) mass is 370 g/mol. The average Bonchev–Trinajstić information content (AvgIpc) is 2.93. The molecule has 3 rings (SSSR count). The van der Waals surface area contributed by atoms with E-state index >= 15 is 0 Å². The van der Waals surface area contributed by atoms with Crippen molar-refractivity contribution in [1.82, 2.24) is 25.4 Å². The molecular weight excluding hydrogens is 340 g/mol. The van der Waals surface area contributed by atoms with Crippen LogP contribution in [0, 0.1) is 0 Å². The third-order valence-corrected chi connectivity index (χ3v) is 4.87. The van der Waals surface area contributed by atoms with Gasteiger partial charge in [-0.2, -0.15) is 0 Å². The molecule has 0 saturated heterocycles. The Kier molecular flexibility index (Phi) is 7.07. The summed E-state index contributed by atoms with van der Waals surface area (Å²) in [5.41, 5.74) is 1.16. The van der Waals surface area contributed by atoms with Crippen LogP contribution in [0.15, 0.2) is 29.3 Å². The first-order valence-corrected chi connectivity index (χ1v) is 9.78. The van der Waals surface area contributed by atoms with Gasteiger partial charge in [-0.05, 0) is 37.0 Å². The fourth-order valence-electron chi connectivity index (χ4n) is 3.37. The van der Waals surface area contributed by atoms with Gasteiger partial charge in [-0.25, -0.2) is 0 Å². The first-order valence-electron chi connectivity index (χ1n) is 9.78. The number of aryl methyl sites for hydroxylation is 2. The average molecular weight is 371 g/mol. The van der Waals surface area contributed by atoms with Crippen LogP contribution < -0.4 is 15.4 Å². The first kappa shape index (κ1) is 19.2. The van der Waals surface area contributed by atoms with Crippen LogP contribution in [0.25, 0.3) is 0 Å². The van der Waals surface area contributed by atoms with Crippen molar-refractivity contribution in [2.24, 2.45) is 4.99 Å². The maximum absolute atomic E-state index is 5.26. The second-order valence-corrected chi connectivity index (χ2v) is 6.80. The van der Waals surface area contributed by atoms with Crippen molar-refractivity contribution in [1.29, 1.82) is 0 Å². The van der Waals surface area contributed by atoms with Crippen LogP contribution in [-0.2, 0) is 25.9 Å². The highest BCUT2D eigenvalue weighted by atomic mass is 16.5. The largest absolute Gasteiger partial charge is 0.497 e. The molecule has 7 nitrogen and oxygen atoms in total. The molecule has 2 N–H and O–H groups in total. The van der Waals surface area contributed by atoms with Gasteiger partial charge in [-0.15, -0.1) is 10.2 Å². The topological polar surface area (TPSA) is 76.4 Å². The number of aliphatic imine (C=N–C) groups is 1. The van der Waals surface area contributed by atoms with Crippen molar-refractivity contribution in [2.75, 3.05) is 20.7 Å². The van der Waals surface area contributed by atoms with E-state index < -0.39 is 0 Å². The standard InChI is InChI=1S/C20H30N6O/c1-21-20(23-15-16-8-6-9-17(14-16)27-2)22-12-7-11-19-25-24-18-10-4-3-5-13-26(18)19/h6,8-9,14H,3-5,7,10-13,15H2,1-2H3,(H2,21,22,23). The van der Waals surface area contributed by atoms with Crippen LogP contribution in [0.5, 0.6) is 5.75 Å². The van der Waals surface area contributed by atoms with Crippen molar-refractivity contribution < 1.29 is 4.74 Å². The number of methoxy groups -OCH3 is 1. The van der Waals surface area contributed by atoms with Crippen LogP contribution in [0.4, 0.5) is 0 Å². The molecule has 0 aliphatic carbocycles. The minimum absolute atomic E-state index is 0.703. The summed E-state index contributed by atoms with van der Waals surface area (Å²) in [5, 5.41) is 15.5. The molecule has 0 bridgehead atoms. The van der Waals surface area contributed by atoms with Gasteiger partial charge in [0.2, 0.25) is 0 Å². The third kappa shape index (κ3) is 5.45. The fraction of sp³-hybridized carbons (Fsp3) is 0.550. The second-order valence-electron chi connectivity index (χ2n) is 6.80. The molecule has 0 amide bonds. The lowest BCUT2D eigenvalue weighted by Gasteiger charge is -2.12. The summed E-state index contributed by atoms with van der Waals surface area (Å²) < 4.78 is 7.59. The van der Waals surface area contributed by atoms with E-state index in [9.17, 15) is 0 Å². The van der Waals surface area contributed by atoms with E-state index in [1.54, 1.807) is 14.2 Å². The highest BCUT2D eigenvalue weighted by molar-refractivity contribution is 5.79. The Hall–Kier alpha value is -2.57. The molecule has 146 valence electrons. The molecule has 7 heteroatoms. The van der Waals surface area contributed by atoms with Gasteiger partial charge in [-0.1, -0.05) is 18.6 Å². The summed E-state index contributed by atoms with van der Waals surface area (Å²) in [5.74, 6) is 3.95. The zero-order chi connectivity index (χ0) is 18.9. The van der Waals surface area contributed by atoms with Gasteiger partial charge < -0.3 is 19.9 Å². The number of nitrogens with zero attached hydrogens (tertiary/aromatic N) is 4. The number of ether oxygens (including phenoxy) is 1. The van der Waals surface area contributed by atoms with Gasteiger partial charge >= 0.3 is 0 Å². The maximum Gasteiger partial charge on any atom is 0.191 e. The van der Waals surface area contributed by atoms with E-state index in [0.29, 0.717) is 6.54 Å². The lowest BCUT2D eigenvalue weighted by molar-refractivity contribution is 0.414. The van der Waals surface area contributed by atoms with E-state index in [1.807, 2.05) is 18.2 Å². The predicted octanol–water partition coefficient (Wildman–Crippen LogP) is 2.31. The van der Waals surface area contributed by atoms with Gasteiger partial charge in [0.25, 0.3) is 0 Å². The van der Waals surface area contributed by atoms with E-state index in [4.69, 9.17) is 4.74 Å². The number of nitrogens with one attached hydrogen (secondary N) is 2. The predicted molar refractivity (Wildman–Crippen MR) is 107 cm³/mol. The molecule has 1 aliphatic heterocycles. The molecule has 2 heterocycles. The molecule has 0 saturated carbocycles. The van der Waals surface area contributed by atoms with Crippen molar-refractivity contribution in [3.63, 3.8) is 0 Å². The van der Waals surface area contributed by atoms with E-state index in [2.05, 4.69) is 36.5 Å². The lowest BCUT2D eigenvalue weighted by Crippen LogP contribution is -2.37. The SMILES string of the molecule is CN=C(NCCCc1nnc2n1CCCCC2)NCc1cccc(OC)c1. The van der Waals surface area contributed by atoms with Gasteiger partial charge in [0.15, 0.2) is 5.96 Å². The Balaban J connectivity index is 1.42. The van der Waals surface area contributed by atoms with Crippen LogP contribution >= 0.6 is 0 Å². The molecule has 2 aromatic rings. The molecule has 0 fully saturated rings. The van der Waals surface area contributed by atoms with Crippen molar-refractivity contribution >= 4 is 5.96 Å². The molecule has 1 aliphatic rings. The molecular formula is C20H30N6O. The summed E-state index contributed by atoms with van der Waals surface area (Å²) in [7, 11) is 3.47. The minimum Gasteiger partial charge on any atom is -0.497 e. The highest BCUT2D eigenvalue weighted by Gasteiger charge is 2.14. The number of benzene rings is 1. The van der Waals surface area contributed by atoms with Gasteiger partial charge in [-0.3, -0.25) is 4.99 Å². The fourth-order valence-corrected chi connectivity index (χ4v) is 3.37. The Labute approximate surface area is 161 Å². The Morgan fingerprint density at radius 1 is 1.22 bits per heavy atom. The van der Waals surface area contributed by atoms with Gasteiger partial charge in [0.1, 0.15) is 17.4 Å². The molecule has 0 unspecified atom stereocenters. The number of guanidine groups is 1. The Morgan fingerprint density at radius 3 is 3.00 bits per heavy atom. The number of fused-ring (bicyclic) bond motifs is 1. The molecule has 0 spiro atoms. The number of hydrogen-bond acceptors (Lipinski definition) is 4.